The number of ether oxygens (including phenoxy) is 1. The van der Waals surface area contributed by atoms with Crippen molar-refractivity contribution in [2.24, 2.45) is 5.92 Å². The van der Waals surface area contributed by atoms with E-state index in [0.29, 0.717) is 37.3 Å². The molecule has 2 atom stereocenters. The molecule has 1 unspecified atom stereocenters. The van der Waals surface area contributed by atoms with Crippen LogP contribution < -0.4 is 15.4 Å². The maximum atomic E-state index is 13.5. The highest BCUT2D eigenvalue weighted by molar-refractivity contribution is 5.90. The number of carbonyl (C=O) groups excluding carboxylic acids is 1. The van der Waals surface area contributed by atoms with Crippen LogP contribution in [0.5, 0.6) is 5.88 Å². The SMILES string of the molecule is CCN1CC(NC(=O)Nc2c(C)c(OCC3CCN(C)CC3)nn2-c2ccccc2)[C@H](c2ccc(F)cc2)O1. The summed E-state index contributed by atoms with van der Waals surface area (Å²) in [5.74, 6) is 1.22. The predicted octanol–water partition coefficient (Wildman–Crippen LogP) is 4.54. The number of likely N-dealkylation sites (tertiary alicyclic amines) is 1. The zero-order valence-corrected chi connectivity index (χ0v) is 22.8. The summed E-state index contributed by atoms with van der Waals surface area (Å²) in [6.45, 7) is 7.79. The van der Waals surface area contributed by atoms with Crippen molar-refractivity contribution < 1.29 is 18.8 Å². The van der Waals surface area contributed by atoms with Crippen LogP contribution in [0.15, 0.2) is 54.6 Å². The molecule has 3 heterocycles. The molecule has 10 heteroatoms. The summed E-state index contributed by atoms with van der Waals surface area (Å²) in [5, 5.41) is 12.6. The van der Waals surface area contributed by atoms with Crippen LogP contribution in [0.3, 0.4) is 0 Å². The lowest BCUT2D eigenvalue weighted by molar-refractivity contribution is -0.144. The number of hydroxylamine groups is 2. The fourth-order valence-electron chi connectivity index (χ4n) is 5.12. The zero-order chi connectivity index (χ0) is 27.4. The molecule has 2 fully saturated rings. The minimum atomic E-state index is -0.426. The monoisotopic (exact) mass is 536 g/mol. The fraction of sp³-hybridized carbons (Fsp3) is 0.448. The number of carbonyl (C=O) groups is 1. The zero-order valence-electron chi connectivity index (χ0n) is 22.8. The molecule has 0 bridgehead atoms. The quantitative estimate of drug-likeness (QED) is 0.440. The van der Waals surface area contributed by atoms with E-state index in [0.717, 1.165) is 42.7 Å². The van der Waals surface area contributed by atoms with Gasteiger partial charge in [-0.15, -0.1) is 5.10 Å². The number of para-hydroxylation sites is 1. The number of hydrogen-bond donors (Lipinski definition) is 2. The van der Waals surface area contributed by atoms with E-state index in [1.165, 1.54) is 12.1 Å². The Hall–Kier alpha value is -3.47. The van der Waals surface area contributed by atoms with Gasteiger partial charge in [0, 0.05) is 13.1 Å². The van der Waals surface area contributed by atoms with E-state index in [2.05, 4.69) is 22.6 Å². The summed E-state index contributed by atoms with van der Waals surface area (Å²) in [6, 6.07) is 15.1. The number of piperidine rings is 1. The van der Waals surface area contributed by atoms with E-state index in [4.69, 9.17) is 14.7 Å². The molecule has 39 heavy (non-hydrogen) atoms. The third kappa shape index (κ3) is 6.41. The Balaban J connectivity index is 1.33. The van der Waals surface area contributed by atoms with Crippen LogP contribution in [0.4, 0.5) is 15.0 Å². The van der Waals surface area contributed by atoms with Gasteiger partial charge in [-0.05, 0) is 75.6 Å². The van der Waals surface area contributed by atoms with Gasteiger partial charge in [0.1, 0.15) is 17.7 Å². The maximum Gasteiger partial charge on any atom is 0.320 e. The Morgan fingerprint density at radius 2 is 1.85 bits per heavy atom. The lowest BCUT2D eigenvalue weighted by Crippen LogP contribution is -2.42. The lowest BCUT2D eigenvalue weighted by atomic mass is 9.98. The summed E-state index contributed by atoms with van der Waals surface area (Å²) < 4.78 is 21.4. The third-order valence-electron chi connectivity index (χ3n) is 7.50. The number of urea groups is 1. The molecule has 2 aliphatic rings. The Morgan fingerprint density at radius 1 is 1.13 bits per heavy atom. The molecule has 5 rings (SSSR count). The number of hydrogen-bond acceptors (Lipinski definition) is 6. The molecule has 2 N–H and O–H groups in total. The van der Waals surface area contributed by atoms with E-state index < -0.39 is 6.10 Å². The lowest BCUT2D eigenvalue weighted by Gasteiger charge is -2.28. The number of rotatable bonds is 8. The molecule has 0 radical (unpaired) electrons. The Bertz CT molecular complexity index is 1240. The molecule has 0 saturated carbocycles. The molecule has 2 saturated heterocycles. The van der Waals surface area contributed by atoms with Crippen LogP contribution in [0.2, 0.25) is 0 Å². The molecule has 3 aromatic rings. The standard InChI is InChI=1S/C29H37FN6O3/c1-4-35-18-25(26(39-35)22-10-12-23(30)13-11-22)31-29(37)32-27-20(2)28(33-36(27)24-8-6-5-7-9-24)38-19-21-14-16-34(3)17-15-21/h5-13,21,25-26H,4,14-19H2,1-3H3,(H2,31,32,37)/t25?,26-/m0/s1. The second-order valence-corrected chi connectivity index (χ2v) is 10.3. The van der Waals surface area contributed by atoms with E-state index in [9.17, 15) is 9.18 Å². The molecule has 2 amide bonds. The van der Waals surface area contributed by atoms with E-state index >= 15 is 0 Å². The number of nitrogens with one attached hydrogen (secondary N) is 2. The average molecular weight is 537 g/mol. The van der Waals surface area contributed by atoms with Gasteiger partial charge in [0.2, 0.25) is 5.88 Å². The van der Waals surface area contributed by atoms with Crippen molar-refractivity contribution in [3.63, 3.8) is 0 Å². The van der Waals surface area contributed by atoms with Crippen LogP contribution >= 0.6 is 0 Å². The summed E-state index contributed by atoms with van der Waals surface area (Å²) in [7, 11) is 2.14. The first-order chi connectivity index (χ1) is 18.9. The molecule has 2 aliphatic heterocycles. The molecule has 1 aromatic heterocycles. The van der Waals surface area contributed by atoms with Crippen molar-refractivity contribution >= 4 is 11.8 Å². The highest BCUT2D eigenvalue weighted by Gasteiger charge is 2.36. The molecular formula is C29H37FN6O3. The molecule has 2 aromatic carbocycles. The number of amides is 2. The fourth-order valence-corrected chi connectivity index (χ4v) is 5.12. The van der Waals surface area contributed by atoms with Crippen LogP contribution in [0.1, 0.15) is 37.0 Å². The largest absolute Gasteiger partial charge is 0.476 e. The molecule has 9 nitrogen and oxygen atoms in total. The van der Waals surface area contributed by atoms with E-state index in [1.807, 2.05) is 44.2 Å². The van der Waals surface area contributed by atoms with Crippen molar-refractivity contribution in [2.45, 2.75) is 38.8 Å². The van der Waals surface area contributed by atoms with Crippen molar-refractivity contribution in [3.8, 4) is 11.6 Å². The van der Waals surface area contributed by atoms with Crippen LogP contribution in [0, 0.1) is 18.7 Å². The van der Waals surface area contributed by atoms with E-state index in [1.54, 1.807) is 21.9 Å². The molecular weight excluding hydrogens is 499 g/mol. The summed E-state index contributed by atoms with van der Waals surface area (Å²) in [5.41, 5.74) is 2.37. The van der Waals surface area contributed by atoms with Gasteiger partial charge in [0.25, 0.3) is 0 Å². The first-order valence-corrected chi connectivity index (χ1v) is 13.6. The van der Waals surface area contributed by atoms with Crippen LogP contribution in [0.25, 0.3) is 5.69 Å². The van der Waals surface area contributed by atoms with Crippen molar-refractivity contribution in [3.05, 3.63) is 71.5 Å². The molecule has 0 spiro atoms. The summed E-state index contributed by atoms with van der Waals surface area (Å²) in [4.78, 5) is 21.7. The topological polar surface area (TPSA) is 83.9 Å². The Labute approximate surface area is 228 Å². The summed E-state index contributed by atoms with van der Waals surface area (Å²) in [6.07, 6.45) is 1.76. The van der Waals surface area contributed by atoms with Gasteiger partial charge < -0.3 is 15.0 Å². The number of nitrogens with zero attached hydrogens (tertiary/aromatic N) is 4. The predicted molar refractivity (Wildman–Crippen MR) is 147 cm³/mol. The highest BCUT2D eigenvalue weighted by atomic mass is 19.1. The van der Waals surface area contributed by atoms with Gasteiger partial charge in [-0.1, -0.05) is 37.3 Å². The number of aromatic nitrogens is 2. The summed E-state index contributed by atoms with van der Waals surface area (Å²) >= 11 is 0. The van der Waals surface area contributed by atoms with Gasteiger partial charge in [-0.2, -0.15) is 5.06 Å². The van der Waals surface area contributed by atoms with Gasteiger partial charge >= 0.3 is 6.03 Å². The van der Waals surface area contributed by atoms with Gasteiger partial charge in [0.15, 0.2) is 0 Å². The normalized spacial score (nSPS) is 20.7. The number of benzene rings is 2. The smallest absolute Gasteiger partial charge is 0.320 e. The van der Waals surface area contributed by atoms with Gasteiger partial charge in [-0.25, -0.2) is 13.9 Å². The number of anilines is 1. The Kier molecular flexibility index (Phi) is 8.44. The molecule has 208 valence electrons. The third-order valence-corrected chi connectivity index (χ3v) is 7.50. The average Bonchev–Trinajstić information content (AvgIpc) is 3.49. The van der Waals surface area contributed by atoms with E-state index in [-0.39, 0.29) is 17.9 Å². The van der Waals surface area contributed by atoms with Crippen LogP contribution in [-0.4, -0.2) is 71.7 Å². The van der Waals surface area contributed by atoms with Crippen molar-refractivity contribution in [1.82, 2.24) is 25.1 Å². The van der Waals surface area contributed by atoms with Gasteiger partial charge in [-0.3, -0.25) is 10.2 Å². The first kappa shape index (κ1) is 27.1. The minimum absolute atomic E-state index is 0.315. The second-order valence-electron chi connectivity index (χ2n) is 10.3. The number of halogens is 1. The van der Waals surface area contributed by atoms with Crippen LogP contribution in [-0.2, 0) is 4.84 Å². The first-order valence-electron chi connectivity index (χ1n) is 13.6. The van der Waals surface area contributed by atoms with Crippen molar-refractivity contribution in [1.29, 1.82) is 0 Å². The maximum absolute atomic E-state index is 13.5. The number of likely N-dealkylation sites (N-methyl/N-ethyl adjacent to an activating group) is 1. The Morgan fingerprint density at radius 3 is 2.54 bits per heavy atom. The molecule has 0 aliphatic carbocycles. The highest BCUT2D eigenvalue weighted by Crippen LogP contribution is 2.31. The van der Waals surface area contributed by atoms with Crippen molar-refractivity contribution in [2.75, 3.05) is 45.2 Å². The minimum Gasteiger partial charge on any atom is -0.476 e. The van der Waals surface area contributed by atoms with Gasteiger partial charge in [0.05, 0.1) is 23.9 Å². The second kappa shape index (κ2) is 12.1.